The number of nitrogens with zero attached hydrogens (tertiary/aromatic N) is 3. The lowest BCUT2D eigenvalue weighted by Gasteiger charge is -2.10. The summed E-state index contributed by atoms with van der Waals surface area (Å²) in [7, 11) is 0. The summed E-state index contributed by atoms with van der Waals surface area (Å²) >= 11 is 0. The minimum atomic E-state index is -0.424. The highest BCUT2D eigenvalue weighted by Crippen LogP contribution is 2.31. The molecule has 0 unspecified atom stereocenters. The van der Waals surface area contributed by atoms with Crippen LogP contribution in [0.25, 0.3) is 0 Å². The highest BCUT2D eigenvalue weighted by atomic mass is 16.6. The standard InChI is InChI=1S/C14H11N3O3/c1-9-6-14(10(2)5-13(9)17(18)19)20-12-3-4-16-11(7-12)8-15/h3-7H,1-2H3. The Labute approximate surface area is 115 Å². The monoisotopic (exact) mass is 269 g/mol. The molecule has 100 valence electrons. The van der Waals surface area contributed by atoms with Gasteiger partial charge in [0.25, 0.3) is 5.69 Å². The van der Waals surface area contributed by atoms with Gasteiger partial charge in [-0.2, -0.15) is 5.26 Å². The first-order valence-corrected chi connectivity index (χ1v) is 5.81. The quantitative estimate of drug-likeness (QED) is 0.630. The maximum absolute atomic E-state index is 10.8. The van der Waals surface area contributed by atoms with Crippen molar-refractivity contribution in [2.24, 2.45) is 0 Å². The third-order valence-electron chi connectivity index (χ3n) is 2.76. The molecule has 1 aromatic heterocycles. The molecule has 6 heteroatoms. The van der Waals surface area contributed by atoms with E-state index >= 15 is 0 Å². The van der Waals surface area contributed by atoms with Gasteiger partial charge in [0.1, 0.15) is 23.3 Å². The van der Waals surface area contributed by atoms with Crippen LogP contribution >= 0.6 is 0 Å². The molecule has 0 atom stereocenters. The van der Waals surface area contributed by atoms with Crippen LogP contribution in [0.2, 0.25) is 0 Å². The van der Waals surface area contributed by atoms with Crippen molar-refractivity contribution < 1.29 is 9.66 Å². The molecule has 20 heavy (non-hydrogen) atoms. The van der Waals surface area contributed by atoms with E-state index in [2.05, 4.69) is 4.98 Å². The van der Waals surface area contributed by atoms with Gasteiger partial charge in [0, 0.05) is 23.9 Å². The third-order valence-corrected chi connectivity index (χ3v) is 2.76. The molecule has 1 heterocycles. The Morgan fingerprint density at radius 3 is 2.70 bits per heavy atom. The molecule has 0 N–H and O–H groups in total. The van der Waals surface area contributed by atoms with Crippen molar-refractivity contribution in [1.82, 2.24) is 4.98 Å². The van der Waals surface area contributed by atoms with Gasteiger partial charge in [0.15, 0.2) is 0 Å². The Morgan fingerprint density at radius 2 is 2.05 bits per heavy atom. The predicted octanol–water partition coefficient (Wildman–Crippen LogP) is 3.27. The van der Waals surface area contributed by atoms with Crippen molar-refractivity contribution in [2.75, 3.05) is 0 Å². The molecular formula is C14H11N3O3. The fourth-order valence-corrected chi connectivity index (χ4v) is 1.74. The van der Waals surface area contributed by atoms with Crippen LogP contribution in [0.3, 0.4) is 0 Å². The zero-order valence-electron chi connectivity index (χ0n) is 11.0. The number of pyridine rings is 1. The Morgan fingerprint density at radius 1 is 1.30 bits per heavy atom. The molecule has 0 amide bonds. The average Bonchev–Trinajstić information content (AvgIpc) is 2.42. The van der Waals surface area contributed by atoms with Gasteiger partial charge < -0.3 is 4.74 Å². The summed E-state index contributed by atoms with van der Waals surface area (Å²) < 4.78 is 5.65. The largest absolute Gasteiger partial charge is 0.457 e. The van der Waals surface area contributed by atoms with E-state index in [1.165, 1.54) is 18.3 Å². The van der Waals surface area contributed by atoms with Crippen LogP contribution in [-0.2, 0) is 0 Å². The van der Waals surface area contributed by atoms with Crippen LogP contribution in [0.15, 0.2) is 30.5 Å². The number of nitriles is 1. The van der Waals surface area contributed by atoms with Crippen molar-refractivity contribution in [1.29, 1.82) is 5.26 Å². The first-order valence-electron chi connectivity index (χ1n) is 5.81. The van der Waals surface area contributed by atoms with Crippen LogP contribution in [0.5, 0.6) is 11.5 Å². The first-order chi connectivity index (χ1) is 9.51. The van der Waals surface area contributed by atoms with Crippen LogP contribution in [0.1, 0.15) is 16.8 Å². The fraction of sp³-hybridized carbons (Fsp3) is 0.143. The molecule has 2 aromatic rings. The summed E-state index contributed by atoms with van der Waals surface area (Å²) in [6, 6.07) is 8.14. The topological polar surface area (TPSA) is 89.1 Å². The maximum atomic E-state index is 10.8. The van der Waals surface area contributed by atoms with Crippen molar-refractivity contribution in [3.8, 4) is 17.6 Å². The zero-order valence-corrected chi connectivity index (χ0v) is 11.0. The lowest BCUT2D eigenvalue weighted by Crippen LogP contribution is -1.95. The van der Waals surface area contributed by atoms with E-state index in [4.69, 9.17) is 10.00 Å². The van der Waals surface area contributed by atoms with Crippen molar-refractivity contribution in [3.05, 3.63) is 57.4 Å². The molecule has 0 saturated carbocycles. The number of ether oxygens (including phenoxy) is 1. The lowest BCUT2D eigenvalue weighted by atomic mass is 10.1. The SMILES string of the molecule is Cc1cc([N+](=O)[O-])c(C)cc1Oc1ccnc(C#N)c1. The summed E-state index contributed by atoms with van der Waals surface area (Å²) in [5, 5.41) is 19.6. The molecule has 0 spiro atoms. The second kappa shape index (κ2) is 5.36. The molecule has 2 rings (SSSR count). The summed E-state index contributed by atoms with van der Waals surface area (Å²) in [5.41, 5.74) is 1.48. The average molecular weight is 269 g/mol. The molecule has 6 nitrogen and oxygen atoms in total. The minimum Gasteiger partial charge on any atom is -0.457 e. The number of aryl methyl sites for hydroxylation is 2. The van der Waals surface area contributed by atoms with Gasteiger partial charge >= 0.3 is 0 Å². The van der Waals surface area contributed by atoms with Gasteiger partial charge in [-0.1, -0.05) is 0 Å². The second-order valence-corrected chi connectivity index (χ2v) is 4.25. The van der Waals surface area contributed by atoms with Gasteiger partial charge in [-0.15, -0.1) is 0 Å². The molecule has 0 aliphatic rings. The number of aromatic nitrogens is 1. The van der Waals surface area contributed by atoms with E-state index < -0.39 is 4.92 Å². The highest BCUT2D eigenvalue weighted by molar-refractivity contribution is 5.50. The Balaban J connectivity index is 2.37. The van der Waals surface area contributed by atoms with Crippen LogP contribution < -0.4 is 4.74 Å². The molecule has 0 bridgehead atoms. The normalized spacial score (nSPS) is 9.85. The Kier molecular flexibility index (Phi) is 3.62. The maximum Gasteiger partial charge on any atom is 0.272 e. The van der Waals surface area contributed by atoms with Crippen molar-refractivity contribution in [3.63, 3.8) is 0 Å². The molecule has 0 saturated heterocycles. The number of hydrogen-bond donors (Lipinski definition) is 0. The second-order valence-electron chi connectivity index (χ2n) is 4.25. The summed E-state index contributed by atoms with van der Waals surface area (Å²) in [6.45, 7) is 3.38. The van der Waals surface area contributed by atoms with Gasteiger partial charge in [0.2, 0.25) is 0 Å². The molecule has 0 aliphatic heterocycles. The van der Waals surface area contributed by atoms with Crippen LogP contribution in [-0.4, -0.2) is 9.91 Å². The summed E-state index contributed by atoms with van der Waals surface area (Å²) in [4.78, 5) is 14.3. The van der Waals surface area contributed by atoms with E-state index in [0.29, 0.717) is 22.6 Å². The predicted molar refractivity (Wildman–Crippen MR) is 71.6 cm³/mol. The molecule has 0 fully saturated rings. The highest BCUT2D eigenvalue weighted by Gasteiger charge is 2.14. The van der Waals surface area contributed by atoms with Crippen LogP contribution in [0, 0.1) is 35.3 Å². The first kappa shape index (κ1) is 13.5. The number of rotatable bonds is 3. The van der Waals surface area contributed by atoms with Crippen molar-refractivity contribution >= 4 is 5.69 Å². The molecule has 0 aliphatic carbocycles. The number of hydrogen-bond acceptors (Lipinski definition) is 5. The number of nitro groups is 1. The van der Waals surface area contributed by atoms with Gasteiger partial charge in [-0.3, -0.25) is 10.1 Å². The fourth-order valence-electron chi connectivity index (χ4n) is 1.74. The van der Waals surface area contributed by atoms with Crippen LogP contribution in [0.4, 0.5) is 5.69 Å². The zero-order chi connectivity index (χ0) is 14.7. The van der Waals surface area contributed by atoms with E-state index in [-0.39, 0.29) is 11.4 Å². The number of benzene rings is 1. The third kappa shape index (κ3) is 2.72. The van der Waals surface area contributed by atoms with Crippen molar-refractivity contribution in [2.45, 2.75) is 13.8 Å². The molecular weight excluding hydrogens is 258 g/mol. The van der Waals surface area contributed by atoms with Gasteiger partial charge in [-0.05, 0) is 31.5 Å². The van der Waals surface area contributed by atoms with Gasteiger partial charge in [0.05, 0.1) is 4.92 Å². The minimum absolute atomic E-state index is 0.0577. The Bertz CT molecular complexity index is 720. The van der Waals surface area contributed by atoms with E-state index in [1.807, 2.05) is 6.07 Å². The smallest absolute Gasteiger partial charge is 0.272 e. The van der Waals surface area contributed by atoms with E-state index in [1.54, 1.807) is 26.0 Å². The number of nitro benzene ring substituents is 1. The molecule has 0 radical (unpaired) electrons. The summed E-state index contributed by atoms with van der Waals surface area (Å²) in [6.07, 6.45) is 1.47. The van der Waals surface area contributed by atoms with E-state index in [9.17, 15) is 10.1 Å². The summed E-state index contributed by atoms with van der Waals surface area (Å²) in [5.74, 6) is 0.982. The van der Waals surface area contributed by atoms with E-state index in [0.717, 1.165) is 0 Å². The van der Waals surface area contributed by atoms with Gasteiger partial charge in [-0.25, -0.2) is 4.98 Å². The Hall–Kier alpha value is -2.94. The lowest BCUT2D eigenvalue weighted by molar-refractivity contribution is -0.385. The molecule has 1 aromatic carbocycles.